The van der Waals surface area contributed by atoms with Gasteiger partial charge in [0.2, 0.25) is 5.95 Å². The first-order valence-electron chi connectivity index (χ1n) is 5.12. The molecule has 0 aliphatic carbocycles. The molecule has 18 heavy (non-hydrogen) atoms. The van der Waals surface area contributed by atoms with E-state index in [-0.39, 0.29) is 5.91 Å². The normalized spacial score (nSPS) is 9.78. The molecular formula is C11H11N5O2. The van der Waals surface area contributed by atoms with Gasteiger partial charge in [0.15, 0.2) is 0 Å². The molecule has 7 heteroatoms. The number of imidazole rings is 1. The molecule has 2 rings (SSSR count). The highest BCUT2D eigenvalue weighted by Crippen LogP contribution is 2.10. The fraction of sp³-hybridized carbons (Fsp3) is 0. The SMILES string of the molecule is NC(=O)Nc1ccc(C(=O)Nc2ncc[nH]2)cc1. The Morgan fingerprint density at radius 2 is 1.89 bits per heavy atom. The maximum absolute atomic E-state index is 11.8. The van der Waals surface area contributed by atoms with Crippen LogP contribution in [0.2, 0.25) is 0 Å². The number of hydrogen-bond donors (Lipinski definition) is 4. The Hall–Kier alpha value is -2.83. The molecule has 0 aliphatic rings. The predicted molar refractivity (Wildman–Crippen MR) is 66.2 cm³/mol. The van der Waals surface area contributed by atoms with Crippen LogP contribution in [0.4, 0.5) is 16.4 Å². The fourth-order valence-corrected chi connectivity index (χ4v) is 1.36. The minimum absolute atomic E-state index is 0.296. The number of hydrogen-bond acceptors (Lipinski definition) is 3. The summed E-state index contributed by atoms with van der Waals surface area (Å²) in [6.45, 7) is 0. The van der Waals surface area contributed by atoms with Crippen LogP contribution >= 0.6 is 0 Å². The molecule has 0 bridgehead atoms. The molecule has 1 aromatic heterocycles. The lowest BCUT2D eigenvalue weighted by molar-refractivity contribution is 0.102. The highest BCUT2D eigenvalue weighted by atomic mass is 16.2. The first-order valence-corrected chi connectivity index (χ1v) is 5.12. The van der Waals surface area contributed by atoms with Crippen molar-refractivity contribution in [3.63, 3.8) is 0 Å². The number of primary amides is 1. The van der Waals surface area contributed by atoms with E-state index < -0.39 is 6.03 Å². The molecule has 0 aliphatic heterocycles. The fourth-order valence-electron chi connectivity index (χ4n) is 1.36. The van der Waals surface area contributed by atoms with Crippen molar-refractivity contribution < 1.29 is 9.59 Å². The maximum atomic E-state index is 11.8. The van der Waals surface area contributed by atoms with Gasteiger partial charge in [-0.25, -0.2) is 9.78 Å². The van der Waals surface area contributed by atoms with Crippen molar-refractivity contribution in [1.29, 1.82) is 0 Å². The first-order chi connectivity index (χ1) is 8.65. The number of benzene rings is 1. The Morgan fingerprint density at radius 1 is 1.17 bits per heavy atom. The van der Waals surface area contributed by atoms with Crippen LogP contribution in [-0.2, 0) is 0 Å². The first kappa shape index (κ1) is 11.6. The predicted octanol–water partition coefficient (Wildman–Crippen LogP) is 1.15. The van der Waals surface area contributed by atoms with E-state index in [1.165, 1.54) is 6.20 Å². The van der Waals surface area contributed by atoms with Gasteiger partial charge in [-0.2, -0.15) is 0 Å². The third kappa shape index (κ3) is 2.85. The van der Waals surface area contributed by atoms with Gasteiger partial charge in [0.25, 0.3) is 5.91 Å². The molecule has 1 heterocycles. The number of H-pyrrole nitrogens is 1. The van der Waals surface area contributed by atoms with Crippen molar-refractivity contribution in [2.75, 3.05) is 10.6 Å². The molecule has 3 amide bonds. The molecule has 1 aromatic carbocycles. The van der Waals surface area contributed by atoms with Crippen molar-refractivity contribution in [1.82, 2.24) is 9.97 Å². The number of carbonyl (C=O) groups excluding carboxylic acids is 2. The number of urea groups is 1. The molecule has 7 nitrogen and oxygen atoms in total. The number of amides is 3. The molecule has 0 fully saturated rings. The van der Waals surface area contributed by atoms with Gasteiger partial charge in [-0.1, -0.05) is 0 Å². The number of nitrogens with two attached hydrogens (primary N) is 1. The minimum Gasteiger partial charge on any atom is -0.351 e. The number of aromatic amines is 1. The van der Waals surface area contributed by atoms with Crippen LogP contribution in [0, 0.1) is 0 Å². The van der Waals surface area contributed by atoms with Crippen molar-refractivity contribution >= 4 is 23.6 Å². The van der Waals surface area contributed by atoms with Crippen LogP contribution in [0.1, 0.15) is 10.4 Å². The summed E-state index contributed by atoms with van der Waals surface area (Å²) in [4.78, 5) is 29.0. The monoisotopic (exact) mass is 245 g/mol. The zero-order chi connectivity index (χ0) is 13.0. The summed E-state index contributed by atoms with van der Waals surface area (Å²) in [5, 5.41) is 4.99. The summed E-state index contributed by atoms with van der Waals surface area (Å²) in [5.41, 5.74) is 5.94. The quantitative estimate of drug-likeness (QED) is 0.650. The molecule has 92 valence electrons. The molecule has 0 atom stereocenters. The van der Waals surface area contributed by atoms with E-state index in [0.717, 1.165) is 0 Å². The third-order valence-electron chi connectivity index (χ3n) is 2.14. The Kier molecular flexibility index (Phi) is 3.24. The van der Waals surface area contributed by atoms with Crippen LogP contribution in [0.5, 0.6) is 0 Å². The lowest BCUT2D eigenvalue weighted by atomic mass is 10.2. The van der Waals surface area contributed by atoms with E-state index in [2.05, 4.69) is 20.6 Å². The van der Waals surface area contributed by atoms with Crippen LogP contribution in [0.25, 0.3) is 0 Å². The van der Waals surface area contributed by atoms with Gasteiger partial charge in [0.1, 0.15) is 0 Å². The van der Waals surface area contributed by atoms with Gasteiger partial charge < -0.3 is 16.0 Å². The average molecular weight is 245 g/mol. The second-order valence-corrected chi connectivity index (χ2v) is 3.46. The van der Waals surface area contributed by atoms with Gasteiger partial charge >= 0.3 is 6.03 Å². The number of rotatable bonds is 3. The maximum Gasteiger partial charge on any atom is 0.316 e. The van der Waals surface area contributed by atoms with E-state index in [0.29, 0.717) is 17.2 Å². The summed E-state index contributed by atoms with van der Waals surface area (Å²) in [5.74, 6) is 0.0786. The Balaban J connectivity index is 2.05. The van der Waals surface area contributed by atoms with E-state index >= 15 is 0 Å². The van der Waals surface area contributed by atoms with Crippen LogP contribution in [-0.4, -0.2) is 21.9 Å². The summed E-state index contributed by atoms with van der Waals surface area (Å²) < 4.78 is 0. The summed E-state index contributed by atoms with van der Waals surface area (Å²) >= 11 is 0. The minimum atomic E-state index is -0.650. The molecular weight excluding hydrogens is 234 g/mol. The largest absolute Gasteiger partial charge is 0.351 e. The van der Waals surface area contributed by atoms with E-state index in [9.17, 15) is 9.59 Å². The topological polar surface area (TPSA) is 113 Å². The second kappa shape index (κ2) is 5.00. The van der Waals surface area contributed by atoms with Gasteiger partial charge in [-0.3, -0.25) is 10.1 Å². The Bertz CT molecular complexity index is 547. The molecule has 5 N–H and O–H groups in total. The smallest absolute Gasteiger partial charge is 0.316 e. The Morgan fingerprint density at radius 3 is 2.44 bits per heavy atom. The number of aromatic nitrogens is 2. The second-order valence-electron chi connectivity index (χ2n) is 3.46. The highest BCUT2D eigenvalue weighted by Gasteiger charge is 2.07. The molecule has 0 unspecified atom stereocenters. The van der Waals surface area contributed by atoms with Gasteiger partial charge in [0.05, 0.1) is 0 Å². The number of nitrogens with one attached hydrogen (secondary N) is 3. The molecule has 2 aromatic rings. The van der Waals surface area contributed by atoms with Crippen LogP contribution < -0.4 is 16.4 Å². The van der Waals surface area contributed by atoms with Crippen molar-refractivity contribution in [2.24, 2.45) is 5.73 Å². The van der Waals surface area contributed by atoms with Gasteiger partial charge in [0, 0.05) is 23.6 Å². The summed E-state index contributed by atoms with van der Waals surface area (Å²) in [7, 11) is 0. The molecule has 0 saturated carbocycles. The standard InChI is InChI=1S/C11H11N5O2/c12-10(18)15-8-3-1-7(2-4-8)9(17)16-11-13-5-6-14-11/h1-6H,(H3,12,15,18)(H2,13,14,16,17). The zero-order valence-electron chi connectivity index (χ0n) is 9.31. The average Bonchev–Trinajstić information content (AvgIpc) is 2.82. The number of carbonyl (C=O) groups is 2. The molecule has 0 spiro atoms. The summed E-state index contributed by atoms with van der Waals surface area (Å²) in [6, 6.07) is 5.67. The van der Waals surface area contributed by atoms with Gasteiger partial charge in [-0.05, 0) is 24.3 Å². The number of nitrogens with zero attached hydrogens (tertiary/aromatic N) is 1. The van der Waals surface area contributed by atoms with E-state index in [1.807, 2.05) is 0 Å². The van der Waals surface area contributed by atoms with E-state index in [1.54, 1.807) is 30.5 Å². The summed E-state index contributed by atoms with van der Waals surface area (Å²) in [6.07, 6.45) is 3.14. The van der Waals surface area contributed by atoms with E-state index in [4.69, 9.17) is 5.73 Å². The zero-order valence-corrected chi connectivity index (χ0v) is 9.31. The number of anilines is 2. The lowest BCUT2D eigenvalue weighted by Crippen LogP contribution is -2.19. The molecule has 0 radical (unpaired) electrons. The Labute approximate surface area is 102 Å². The van der Waals surface area contributed by atoms with Gasteiger partial charge in [-0.15, -0.1) is 0 Å². The van der Waals surface area contributed by atoms with Crippen LogP contribution in [0.15, 0.2) is 36.7 Å². The van der Waals surface area contributed by atoms with Crippen molar-refractivity contribution in [3.05, 3.63) is 42.2 Å². The van der Waals surface area contributed by atoms with Crippen molar-refractivity contribution in [3.8, 4) is 0 Å². The lowest BCUT2D eigenvalue weighted by Gasteiger charge is -2.04. The molecule has 0 saturated heterocycles. The highest BCUT2D eigenvalue weighted by molar-refractivity contribution is 6.03. The van der Waals surface area contributed by atoms with Crippen molar-refractivity contribution in [2.45, 2.75) is 0 Å². The third-order valence-corrected chi connectivity index (χ3v) is 2.14. The van der Waals surface area contributed by atoms with Crippen LogP contribution in [0.3, 0.4) is 0 Å².